The Kier molecular flexibility index (Phi) is 7.26. The molecule has 0 N–H and O–H groups in total. The van der Waals surface area contributed by atoms with Crippen molar-refractivity contribution in [3.8, 4) is 16.9 Å². The van der Waals surface area contributed by atoms with E-state index < -0.39 is 5.97 Å². The number of ether oxygens (including phenoxy) is 1. The highest BCUT2D eigenvalue weighted by atomic mass is 16.5. The van der Waals surface area contributed by atoms with E-state index in [-0.39, 0.29) is 30.0 Å². The lowest BCUT2D eigenvalue weighted by atomic mass is 9.82. The quantitative estimate of drug-likeness (QED) is 0.310. The van der Waals surface area contributed by atoms with E-state index in [1.807, 2.05) is 56.4 Å². The van der Waals surface area contributed by atoms with Gasteiger partial charge in [-0.2, -0.15) is 5.10 Å². The first-order chi connectivity index (χ1) is 18.4. The highest BCUT2D eigenvalue weighted by molar-refractivity contribution is 6.02. The van der Waals surface area contributed by atoms with E-state index in [9.17, 15) is 9.59 Å². The predicted molar refractivity (Wildman–Crippen MR) is 145 cm³/mol. The van der Waals surface area contributed by atoms with Gasteiger partial charge in [0, 0.05) is 29.9 Å². The molecule has 9 heteroatoms. The number of fused-ring (bicyclic) bond motifs is 1. The van der Waals surface area contributed by atoms with Crippen molar-refractivity contribution < 1.29 is 14.3 Å². The fourth-order valence-corrected chi connectivity index (χ4v) is 5.09. The van der Waals surface area contributed by atoms with Crippen LogP contribution in [0, 0.1) is 11.8 Å². The van der Waals surface area contributed by atoms with Crippen LogP contribution in [0.1, 0.15) is 63.7 Å². The van der Waals surface area contributed by atoms with Crippen LogP contribution in [0.15, 0.2) is 55.0 Å². The number of hydrogen-bond acceptors (Lipinski definition) is 6. The zero-order chi connectivity index (χ0) is 26.8. The third kappa shape index (κ3) is 5.05. The van der Waals surface area contributed by atoms with Gasteiger partial charge in [0.1, 0.15) is 5.56 Å². The van der Waals surface area contributed by atoms with Gasteiger partial charge in [-0.1, -0.05) is 19.1 Å². The van der Waals surface area contributed by atoms with Gasteiger partial charge in [-0.3, -0.25) is 9.69 Å². The molecule has 198 valence electrons. The number of esters is 1. The Hall–Kier alpha value is -4.01. The molecule has 1 fully saturated rings. The van der Waals surface area contributed by atoms with Gasteiger partial charge in [0.05, 0.1) is 24.2 Å². The number of carbonyl (C=O) groups is 2. The average molecular weight is 515 g/mol. The molecule has 0 atom stereocenters. The van der Waals surface area contributed by atoms with Gasteiger partial charge in [0.15, 0.2) is 11.5 Å². The minimum atomic E-state index is -0.488. The Bertz CT molecular complexity index is 1400. The fourth-order valence-electron chi connectivity index (χ4n) is 5.09. The lowest BCUT2D eigenvalue weighted by molar-refractivity contribution is -0.124. The smallest absolute Gasteiger partial charge is 0.343 e. The monoisotopic (exact) mass is 514 g/mol. The summed E-state index contributed by atoms with van der Waals surface area (Å²) in [5, 5.41) is 9.05. The highest BCUT2D eigenvalue weighted by Gasteiger charge is 2.34. The molecular formula is C29H34N6O3. The maximum absolute atomic E-state index is 13.7. The highest BCUT2D eigenvalue weighted by Crippen LogP contribution is 2.33. The van der Waals surface area contributed by atoms with Crippen molar-refractivity contribution in [3.63, 3.8) is 0 Å². The second kappa shape index (κ2) is 10.8. The molecule has 3 heterocycles. The summed E-state index contributed by atoms with van der Waals surface area (Å²) in [7, 11) is 0. The molecule has 0 saturated heterocycles. The molecule has 38 heavy (non-hydrogen) atoms. The summed E-state index contributed by atoms with van der Waals surface area (Å²) < 4.78 is 8.72. The van der Waals surface area contributed by atoms with Crippen LogP contribution < -0.4 is 4.90 Å². The minimum Gasteiger partial charge on any atom is -0.462 e. The number of amides is 1. The normalized spacial score (nSPS) is 17.6. The molecule has 1 aliphatic rings. The summed E-state index contributed by atoms with van der Waals surface area (Å²) in [4.78, 5) is 33.0. The van der Waals surface area contributed by atoms with Crippen LogP contribution in [-0.4, -0.2) is 48.9 Å². The van der Waals surface area contributed by atoms with Crippen LogP contribution in [0.2, 0.25) is 0 Å². The number of carbonyl (C=O) groups excluding carboxylic acids is 2. The van der Waals surface area contributed by atoms with Gasteiger partial charge in [0.2, 0.25) is 5.91 Å². The Balaban J connectivity index is 1.48. The molecule has 1 aromatic carbocycles. The maximum atomic E-state index is 13.7. The van der Waals surface area contributed by atoms with E-state index >= 15 is 0 Å². The summed E-state index contributed by atoms with van der Waals surface area (Å²) in [6, 6.07) is 11.3. The molecular weight excluding hydrogens is 480 g/mol. The van der Waals surface area contributed by atoms with Crippen molar-refractivity contribution in [1.82, 2.24) is 24.4 Å². The molecule has 4 aromatic rings. The van der Waals surface area contributed by atoms with Crippen molar-refractivity contribution in [2.75, 3.05) is 11.5 Å². The number of aromatic nitrogens is 5. The molecule has 0 aliphatic heterocycles. The fraction of sp³-hybridized carbons (Fsp3) is 0.414. The van der Waals surface area contributed by atoms with Crippen LogP contribution in [0.4, 0.5) is 5.82 Å². The number of anilines is 1. The first-order valence-electron chi connectivity index (χ1n) is 13.4. The SMILES string of the molecule is CCOC(=O)c1cn(-c2ccc(-c3cn4ncccc4n3)cc2)nc1N(C(=O)[C@H]1CC[C@H](C)CC1)C(C)C. The number of hydrogen-bond donors (Lipinski definition) is 0. The Morgan fingerprint density at radius 1 is 1.08 bits per heavy atom. The van der Waals surface area contributed by atoms with Gasteiger partial charge in [-0.15, -0.1) is 5.10 Å². The zero-order valence-corrected chi connectivity index (χ0v) is 22.4. The molecule has 0 bridgehead atoms. The van der Waals surface area contributed by atoms with Crippen LogP contribution in [0.3, 0.4) is 0 Å². The summed E-state index contributed by atoms with van der Waals surface area (Å²) in [5.41, 5.74) is 3.56. The molecule has 0 spiro atoms. The number of nitrogens with zero attached hydrogens (tertiary/aromatic N) is 6. The lowest BCUT2D eigenvalue weighted by Crippen LogP contribution is -2.43. The van der Waals surface area contributed by atoms with Crippen LogP contribution in [-0.2, 0) is 9.53 Å². The predicted octanol–water partition coefficient (Wildman–Crippen LogP) is 5.33. The molecule has 9 nitrogen and oxygen atoms in total. The first kappa shape index (κ1) is 25.6. The molecule has 0 radical (unpaired) electrons. The van der Waals surface area contributed by atoms with E-state index in [1.54, 1.807) is 33.4 Å². The van der Waals surface area contributed by atoms with Gasteiger partial charge < -0.3 is 4.74 Å². The van der Waals surface area contributed by atoms with Gasteiger partial charge >= 0.3 is 5.97 Å². The van der Waals surface area contributed by atoms with Crippen molar-refractivity contribution >= 4 is 23.3 Å². The number of rotatable bonds is 7. The average Bonchev–Trinajstić information content (AvgIpc) is 3.54. The van der Waals surface area contributed by atoms with Crippen molar-refractivity contribution in [2.24, 2.45) is 11.8 Å². The minimum absolute atomic E-state index is 0.0264. The summed E-state index contributed by atoms with van der Waals surface area (Å²) >= 11 is 0. The molecule has 3 aromatic heterocycles. The van der Waals surface area contributed by atoms with E-state index in [0.717, 1.165) is 48.3 Å². The van der Waals surface area contributed by atoms with E-state index in [0.29, 0.717) is 11.7 Å². The third-order valence-electron chi connectivity index (χ3n) is 7.20. The second-order valence-electron chi connectivity index (χ2n) is 10.3. The molecule has 1 aliphatic carbocycles. The van der Waals surface area contributed by atoms with Crippen LogP contribution in [0.5, 0.6) is 0 Å². The Labute approximate surface area is 222 Å². The maximum Gasteiger partial charge on any atom is 0.343 e. The first-order valence-corrected chi connectivity index (χ1v) is 13.4. The van der Waals surface area contributed by atoms with Gasteiger partial charge in [-0.25, -0.2) is 19.0 Å². The second-order valence-corrected chi connectivity index (χ2v) is 10.3. The molecule has 5 rings (SSSR count). The number of benzene rings is 1. The molecule has 1 amide bonds. The lowest BCUT2D eigenvalue weighted by Gasteiger charge is -2.32. The van der Waals surface area contributed by atoms with E-state index in [2.05, 4.69) is 17.0 Å². The summed E-state index contributed by atoms with van der Waals surface area (Å²) in [5.74, 6) is 0.461. The Morgan fingerprint density at radius 3 is 2.47 bits per heavy atom. The summed E-state index contributed by atoms with van der Waals surface area (Å²) in [6.45, 7) is 8.15. The topological polar surface area (TPSA) is 94.6 Å². The molecule has 0 unspecified atom stereocenters. The third-order valence-corrected chi connectivity index (χ3v) is 7.20. The van der Waals surface area contributed by atoms with E-state index in [1.165, 1.54) is 0 Å². The number of imidazole rings is 1. The van der Waals surface area contributed by atoms with Crippen molar-refractivity contribution in [1.29, 1.82) is 0 Å². The van der Waals surface area contributed by atoms with Gasteiger partial charge in [0.25, 0.3) is 0 Å². The Morgan fingerprint density at radius 2 is 1.82 bits per heavy atom. The van der Waals surface area contributed by atoms with Crippen molar-refractivity contribution in [2.45, 2.75) is 59.4 Å². The summed E-state index contributed by atoms with van der Waals surface area (Å²) in [6.07, 6.45) is 9.05. The van der Waals surface area contributed by atoms with E-state index in [4.69, 9.17) is 9.84 Å². The van der Waals surface area contributed by atoms with Crippen molar-refractivity contribution in [3.05, 3.63) is 60.6 Å². The largest absolute Gasteiger partial charge is 0.462 e. The standard InChI is InChI=1S/C29H34N6O3/c1-5-38-29(37)24-17-33(32-27(24)35(19(2)3)28(36)22-10-8-20(4)9-11-22)23-14-12-21(13-15-23)25-18-34-26(31-25)7-6-16-30-34/h6-7,12-20,22H,5,8-11H2,1-4H3/t20-,22-. The van der Waals surface area contributed by atoms with Gasteiger partial charge in [-0.05, 0) is 76.6 Å². The van der Waals surface area contributed by atoms with Crippen LogP contribution >= 0.6 is 0 Å². The van der Waals surface area contributed by atoms with Crippen LogP contribution in [0.25, 0.3) is 22.6 Å². The zero-order valence-electron chi connectivity index (χ0n) is 22.4. The molecule has 1 saturated carbocycles.